The lowest BCUT2D eigenvalue weighted by Gasteiger charge is -2.09. The number of carbonyl (C=O) groups is 3. The van der Waals surface area contributed by atoms with Crippen LogP contribution in [0.1, 0.15) is 44.6 Å². The molecule has 0 fully saturated rings. The lowest BCUT2D eigenvalue weighted by Crippen LogP contribution is -2.21. The van der Waals surface area contributed by atoms with E-state index in [0.29, 0.717) is 12.0 Å². The summed E-state index contributed by atoms with van der Waals surface area (Å²) in [6.07, 6.45) is 0.566. The Morgan fingerprint density at radius 1 is 1.18 bits per heavy atom. The fourth-order valence-electron chi connectivity index (χ4n) is 2.83. The van der Waals surface area contributed by atoms with E-state index in [4.69, 9.17) is 4.74 Å². The van der Waals surface area contributed by atoms with Crippen molar-refractivity contribution in [2.75, 3.05) is 26.0 Å². The molecular formula is C18H22N6O8S. The molecular weight excluding hydrogens is 460 g/mol. The lowest BCUT2D eigenvalue weighted by molar-refractivity contribution is -0.424. The molecule has 0 unspecified atom stereocenters. The molecule has 15 heteroatoms. The molecule has 0 saturated carbocycles. The average molecular weight is 482 g/mol. The first-order chi connectivity index (χ1) is 15.4. The van der Waals surface area contributed by atoms with Gasteiger partial charge in [-0.15, -0.1) is 11.3 Å². The van der Waals surface area contributed by atoms with Crippen LogP contribution >= 0.6 is 11.3 Å². The van der Waals surface area contributed by atoms with E-state index in [1.54, 1.807) is 6.92 Å². The molecule has 2 rings (SSSR count). The molecule has 0 aliphatic rings. The van der Waals surface area contributed by atoms with Gasteiger partial charge >= 0.3 is 17.5 Å². The molecule has 0 aliphatic heterocycles. The predicted molar refractivity (Wildman–Crippen MR) is 117 cm³/mol. The number of anilines is 1. The molecule has 0 saturated heterocycles. The fourth-order valence-corrected chi connectivity index (χ4v) is 4.07. The summed E-state index contributed by atoms with van der Waals surface area (Å²) in [7, 11) is 3.07. The molecule has 2 aromatic heterocycles. The van der Waals surface area contributed by atoms with Gasteiger partial charge in [-0.25, -0.2) is 4.79 Å². The number of nitrogens with one attached hydrogen (secondary N) is 1. The number of nitro groups is 2. The summed E-state index contributed by atoms with van der Waals surface area (Å²) in [5, 5.41) is 28.3. The highest BCUT2D eigenvalue weighted by Crippen LogP contribution is 2.35. The van der Waals surface area contributed by atoms with Crippen molar-refractivity contribution in [3.05, 3.63) is 41.9 Å². The maximum absolute atomic E-state index is 12.7. The molecule has 0 atom stereocenters. The van der Waals surface area contributed by atoms with Gasteiger partial charge in [-0.1, -0.05) is 6.92 Å². The standard InChI is InChI=1S/C18H22N6O8S/c1-6-7-32-18(27)12-9(2)14(17(26)21(4)5)33-16(12)19-11(25)8-22-10(3)13(23(28)29)15(20-22)24(30)31/h6-8H2,1-5H3,(H,19,25). The molecule has 33 heavy (non-hydrogen) atoms. The highest BCUT2D eigenvalue weighted by molar-refractivity contribution is 7.18. The second-order valence-electron chi connectivity index (χ2n) is 7.07. The molecule has 0 aliphatic carbocycles. The number of hydrogen-bond donors (Lipinski definition) is 1. The van der Waals surface area contributed by atoms with Crippen LogP contribution in [0, 0.1) is 34.1 Å². The highest BCUT2D eigenvalue weighted by Gasteiger charge is 2.36. The van der Waals surface area contributed by atoms with E-state index >= 15 is 0 Å². The maximum atomic E-state index is 12.7. The van der Waals surface area contributed by atoms with Crippen LogP contribution in [0.4, 0.5) is 16.5 Å². The molecule has 0 aromatic carbocycles. The Balaban J connectivity index is 2.41. The van der Waals surface area contributed by atoms with Crippen LogP contribution in [0.3, 0.4) is 0 Å². The van der Waals surface area contributed by atoms with Crippen molar-refractivity contribution in [1.29, 1.82) is 0 Å². The van der Waals surface area contributed by atoms with Gasteiger partial charge in [0.1, 0.15) is 17.2 Å². The highest BCUT2D eigenvalue weighted by atomic mass is 32.1. The van der Waals surface area contributed by atoms with Gasteiger partial charge in [-0.05, 0) is 30.8 Å². The first-order valence-electron chi connectivity index (χ1n) is 9.58. The summed E-state index contributed by atoms with van der Waals surface area (Å²) in [6.45, 7) is 4.12. The van der Waals surface area contributed by atoms with Crippen molar-refractivity contribution in [2.45, 2.75) is 33.7 Å². The largest absolute Gasteiger partial charge is 0.468 e. The Morgan fingerprint density at radius 3 is 2.30 bits per heavy atom. The number of carbonyl (C=O) groups excluding carboxylic acids is 3. The summed E-state index contributed by atoms with van der Waals surface area (Å²) in [4.78, 5) is 59.5. The zero-order valence-corrected chi connectivity index (χ0v) is 19.3. The minimum atomic E-state index is -1.01. The van der Waals surface area contributed by atoms with Crippen LogP contribution in [-0.2, 0) is 16.1 Å². The molecule has 0 bridgehead atoms. The minimum absolute atomic E-state index is 0.0150. The van der Waals surface area contributed by atoms with E-state index in [-0.39, 0.29) is 33.6 Å². The summed E-state index contributed by atoms with van der Waals surface area (Å²) in [6, 6.07) is 0. The Kier molecular flexibility index (Phi) is 7.81. The van der Waals surface area contributed by atoms with Crippen molar-refractivity contribution in [1.82, 2.24) is 14.7 Å². The number of aromatic nitrogens is 2. The van der Waals surface area contributed by atoms with Crippen molar-refractivity contribution in [3.8, 4) is 0 Å². The SMILES string of the molecule is CCCOC(=O)c1c(NC(=O)Cn2nc([N+](=O)[O-])c([N+](=O)[O-])c2C)sc(C(=O)N(C)C)c1C. The monoisotopic (exact) mass is 482 g/mol. The average Bonchev–Trinajstić information content (AvgIpc) is 3.22. The van der Waals surface area contributed by atoms with Crippen molar-refractivity contribution in [3.63, 3.8) is 0 Å². The van der Waals surface area contributed by atoms with Crippen LogP contribution in [0.25, 0.3) is 0 Å². The Labute approximate surface area is 191 Å². The zero-order valence-electron chi connectivity index (χ0n) is 18.5. The summed E-state index contributed by atoms with van der Waals surface area (Å²) in [5.74, 6) is -2.85. The number of ether oxygens (including phenoxy) is 1. The number of hydrogen-bond acceptors (Lipinski definition) is 10. The first-order valence-corrected chi connectivity index (χ1v) is 10.4. The van der Waals surface area contributed by atoms with Crippen LogP contribution < -0.4 is 5.32 Å². The van der Waals surface area contributed by atoms with E-state index in [0.717, 1.165) is 16.0 Å². The minimum Gasteiger partial charge on any atom is -0.462 e. The maximum Gasteiger partial charge on any atom is 0.468 e. The third kappa shape index (κ3) is 5.31. The fraction of sp³-hybridized carbons (Fsp3) is 0.444. The Morgan fingerprint density at radius 2 is 1.82 bits per heavy atom. The summed E-state index contributed by atoms with van der Waals surface area (Å²) >= 11 is 0.875. The van der Waals surface area contributed by atoms with Gasteiger partial charge in [0.25, 0.3) is 5.91 Å². The predicted octanol–water partition coefficient (Wildman–Crippen LogP) is 2.29. The van der Waals surface area contributed by atoms with E-state index in [2.05, 4.69) is 10.4 Å². The Bertz CT molecular complexity index is 1140. The second kappa shape index (κ2) is 10.2. The van der Waals surface area contributed by atoms with Crippen LogP contribution in [0.15, 0.2) is 0 Å². The molecule has 0 radical (unpaired) electrons. The van der Waals surface area contributed by atoms with E-state index < -0.39 is 39.8 Å². The smallest absolute Gasteiger partial charge is 0.462 e. The third-order valence-electron chi connectivity index (χ3n) is 4.45. The van der Waals surface area contributed by atoms with E-state index in [1.165, 1.54) is 25.9 Å². The second-order valence-corrected chi connectivity index (χ2v) is 8.09. The number of amides is 2. The topological polar surface area (TPSA) is 180 Å². The van der Waals surface area contributed by atoms with E-state index in [1.807, 2.05) is 6.92 Å². The lowest BCUT2D eigenvalue weighted by atomic mass is 10.1. The first kappa shape index (κ1) is 25.4. The summed E-state index contributed by atoms with van der Waals surface area (Å²) < 4.78 is 5.99. The zero-order chi connectivity index (χ0) is 25.0. The normalized spacial score (nSPS) is 10.6. The number of nitrogens with zero attached hydrogens (tertiary/aromatic N) is 5. The van der Waals surface area contributed by atoms with Gasteiger partial charge in [0.15, 0.2) is 0 Å². The summed E-state index contributed by atoms with van der Waals surface area (Å²) in [5.41, 5.74) is -0.657. The molecule has 2 amide bonds. The molecule has 1 N–H and O–H groups in total. The van der Waals surface area contributed by atoms with E-state index in [9.17, 15) is 34.6 Å². The molecule has 2 aromatic rings. The number of esters is 1. The molecule has 14 nitrogen and oxygen atoms in total. The van der Waals surface area contributed by atoms with Crippen LogP contribution in [0.5, 0.6) is 0 Å². The molecule has 178 valence electrons. The third-order valence-corrected chi connectivity index (χ3v) is 5.64. The number of thiophene rings is 1. The molecule has 0 spiro atoms. The van der Waals surface area contributed by atoms with Gasteiger partial charge in [-0.2, -0.15) is 4.68 Å². The van der Waals surface area contributed by atoms with Gasteiger partial charge in [-0.3, -0.25) is 19.7 Å². The Hall–Kier alpha value is -3.88. The quantitative estimate of drug-likeness (QED) is 0.318. The van der Waals surface area contributed by atoms with Crippen LogP contribution in [0.2, 0.25) is 0 Å². The van der Waals surface area contributed by atoms with Gasteiger partial charge < -0.3 is 25.1 Å². The van der Waals surface area contributed by atoms with Gasteiger partial charge in [0, 0.05) is 14.1 Å². The van der Waals surface area contributed by atoms with Crippen LogP contribution in [-0.4, -0.2) is 63.0 Å². The molecule has 2 heterocycles. The number of rotatable bonds is 9. The van der Waals surface area contributed by atoms with Crippen molar-refractivity contribution in [2.24, 2.45) is 0 Å². The van der Waals surface area contributed by atoms with Crippen molar-refractivity contribution < 1.29 is 29.0 Å². The van der Waals surface area contributed by atoms with Crippen molar-refractivity contribution >= 4 is 45.6 Å². The van der Waals surface area contributed by atoms with Gasteiger partial charge in [0.2, 0.25) is 5.91 Å². The van der Waals surface area contributed by atoms with Gasteiger partial charge in [0.05, 0.1) is 27.1 Å².